The lowest BCUT2D eigenvalue weighted by Crippen LogP contribution is -2.40. The molecular formula is C23H22N4OS2. The quantitative estimate of drug-likeness (QED) is 0.455. The molecular weight excluding hydrogens is 412 g/mol. The minimum absolute atomic E-state index is 0.0454. The van der Waals surface area contributed by atoms with Crippen molar-refractivity contribution in [2.75, 3.05) is 23.3 Å². The number of rotatable bonds is 4. The van der Waals surface area contributed by atoms with Crippen molar-refractivity contribution >= 4 is 49.6 Å². The normalized spacial score (nSPS) is 16.7. The number of carbonyl (C=O) groups excluding carboxylic acids is 1. The van der Waals surface area contributed by atoms with Crippen LogP contribution >= 0.6 is 22.7 Å². The van der Waals surface area contributed by atoms with Gasteiger partial charge in [0.2, 0.25) is 5.91 Å². The van der Waals surface area contributed by atoms with Crippen molar-refractivity contribution in [3.8, 4) is 11.3 Å². The number of para-hydroxylation sites is 1. The van der Waals surface area contributed by atoms with Gasteiger partial charge in [-0.15, -0.1) is 11.3 Å². The second-order valence-electron chi connectivity index (χ2n) is 7.57. The van der Waals surface area contributed by atoms with Gasteiger partial charge in [0.05, 0.1) is 26.8 Å². The highest BCUT2D eigenvalue weighted by Gasteiger charge is 2.27. The Morgan fingerprint density at radius 2 is 2.07 bits per heavy atom. The third kappa shape index (κ3) is 3.95. The average molecular weight is 435 g/mol. The van der Waals surface area contributed by atoms with Gasteiger partial charge in [-0.05, 0) is 44.0 Å². The van der Waals surface area contributed by atoms with Gasteiger partial charge in [0, 0.05) is 29.7 Å². The minimum atomic E-state index is -0.0454. The summed E-state index contributed by atoms with van der Waals surface area (Å²) in [6.45, 7) is 3.65. The number of nitrogens with one attached hydrogen (secondary N) is 1. The van der Waals surface area contributed by atoms with Crippen LogP contribution in [-0.2, 0) is 4.79 Å². The third-order valence-corrected chi connectivity index (χ3v) is 7.26. The predicted octanol–water partition coefficient (Wildman–Crippen LogP) is 5.58. The Morgan fingerprint density at radius 1 is 1.17 bits per heavy atom. The molecule has 0 saturated carbocycles. The van der Waals surface area contributed by atoms with Crippen LogP contribution in [0.4, 0.5) is 10.8 Å². The molecule has 152 valence electrons. The number of aryl methyl sites for hydroxylation is 1. The fourth-order valence-corrected chi connectivity index (χ4v) is 5.48. The number of thiazole rings is 2. The first-order valence-corrected chi connectivity index (χ1v) is 11.8. The summed E-state index contributed by atoms with van der Waals surface area (Å²) in [5.74, 6) is 0.0309. The van der Waals surface area contributed by atoms with Gasteiger partial charge >= 0.3 is 0 Å². The summed E-state index contributed by atoms with van der Waals surface area (Å²) in [6.07, 6.45) is 1.89. The molecule has 3 heterocycles. The fraction of sp³-hybridized carbons (Fsp3) is 0.261. The van der Waals surface area contributed by atoms with E-state index in [0.29, 0.717) is 6.54 Å². The average Bonchev–Trinajstić information content (AvgIpc) is 3.40. The van der Waals surface area contributed by atoms with Gasteiger partial charge in [-0.1, -0.05) is 35.6 Å². The van der Waals surface area contributed by atoms with Crippen LogP contribution in [0.3, 0.4) is 0 Å². The Hall–Kier alpha value is -2.77. The van der Waals surface area contributed by atoms with Gasteiger partial charge in [0.25, 0.3) is 0 Å². The number of carbonyl (C=O) groups is 1. The van der Waals surface area contributed by atoms with E-state index < -0.39 is 0 Å². The van der Waals surface area contributed by atoms with Crippen molar-refractivity contribution in [3.63, 3.8) is 0 Å². The summed E-state index contributed by atoms with van der Waals surface area (Å²) < 4.78 is 1.19. The molecule has 0 bridgehead atoms. The zero-order chi connectivity index (χ0) is 20.5. The van der Waals surface area contributed by atoms with E-state index in [2.05, 4.69) is 21.3 Å². The van der Waals surface area contributed by atoms with E-state index in [0.717, 1.165) is 52.0 Å². The standard InChI is InChI=1S/C23H22N4OS2/c1-15-24-20(14-29-15)16-6-4-8-18(12-16)25-22(28)17-7-5-11-27(13-17)23-26-19-9-2-3-10-21(19)30-23/h2-4,6,8-10,12,14,17H,5,7,11,13H2,1H3,(H,25,28). The molecule has 2 aromatic carbocycles. The highest BCUT2D eigenvalue weighted by atomic mass is 32.1. The summed E-state index contributed by atoms with van der Waals surface area (Å²) in [5, 5.41) is 7.22. The molecule has 30 heavy (non-hydrogen) atoms. The van der Waals surface area contributed by atoms with Crippen molar-refractivity contribution in [3.05, 3.63) is 58.9 Å². The number of anilines is 2. The lowest BCUT2D eigenvalue weighted by molar-refractivity contribution is -0.120. The summed E-state index contributed by atoms with van der Waals surface area (Å²) in [6, 6.07) is 16.1. The SMILES string of the molecule is Cc1nc(-c2cccc(NC(=O)C3CCCN(c4nc5ccccc5s4)C3)c2)cs1. The Kier molecular flexibility index (Phi) is 5.23. The zero-order valence-corrected chi connectivity index (χ0v) is 18.3. The van der Waals surface area contributed by atoms with E-state index in [1.807, 2.05) is 54.8 Å². The molecule has 1 aliphatic heterocycles. The first kappa shape index (κ1) is 19.2. The molecule has 0 radical (unpaired) electrons. The highest BCUT2D eigenvalue weighted by Crippen LogP contribution is 2.32. The van der Waals surface area contributed by atoms with Gasteiger partial charge in [-0.3, -0.25) is 4.79 Å². The molecule has 5 nitrogen and oxygen atoms in total. The second kappa shape index (κ2) is 8.16. The largest absolute Gasteiger partial charge is 0.347 e. The maximum Gasteiger partial charge on any atom is 0.229 e. The number of aromatic nitrogens is 2. The molecule has 5 rings (SSSR count). The maximum absolute atomic E-state index is 13.0. The lowest BCUT2D eigenvalue weighted by atomic mass is 9.97. The van der Waals surface area contributed by atoms with Crippen LogP contribution < -0.4 is 10.2 Å². The summed E-state index contributed by atoms with van der Waals surface area (Å²) in [4.78, 5) is 24.6. The fourth-order valence-electron chi connectivity index (χ4n) is 3.86. The van der Waals surface area contributed by atoms with E-state index in [-0.39, 0.29) is 11.8 Å². The monoisotopic (exact) mass is 434 g/mol. The molecule has 1 N–H and O–H groups in total. The Bertz CT molecular complexity index is 1170. The van der Waals surface area contributed by atoms with E-state index in [1.54, 1.807) is 22.7 Å². The molecule has 7 heteroatoms. The number of fused-ring (bicyclic) bond motifs is 1. The summed E-state index contributed by atoms with van der Waals surface area (Å²) in [5.41, 5.74) is 3.82. The Morgan fingerprint density at radius 3 is 2.90 bits per heavy atom. The van der Waals surface area contributed by atoms with Gasteiger partial charge in [-0.25, -0.2) is 9.97 Å². The van der Waals surface area contributed by atoms with Gasteiger partial charge in [0.1, 0.15) is 0 Å². The Labute approximate surface area is 183 Å². The van der Waals surface area contributed by atoms with Crippen LogP contribution in [0.25, 0.3) is 21.5 Å². The van der Waals surface area contributed by atoms with Crippen LogP contribution in [0.5, 0.6) is 0 Å². The molecule has 1 aliphatic rings. The number of amides is 1. The Balaban J connectivity index is 1.29. The number of nitrogens with zero attached hydrogens (tertiary/aromatic N) is 3. The second-order valence-corrected chi connectivity index (χ2v) is 9.64. The molecule has 4 aromatic rings. The van der Waals surface area contributed by atoms with E-state index in [1.165, 1.54) is 4.70 Å². The molecule has 2 aromatic heterocycles. The molecule has 0 aliphatic carbocycles. The number of hydrogen-bond acceptors (Lipinski definition) is 6. The summed E-state index contributed by atoms with van der Waals surface area (Å²) in [7, 11) is 0. The van der Waals surface area contributed by atoms with Crippen molar-refractivity contribution in [1.29, 1.82) is 0 Å². The molecule has 1 atom stereocenters. The van der Waals surface area contributed by atoms with Crippen molar-refractivity contribution < 1.29 is 4.79 Å². The lowest BCUT2D eigenvalue weighted by Gasteiger charge is -2.31. The van der Waals surface area contributed by atoms with Crippen LogP contribution in [0.15, 0.2) is 53.9 Å². The first-order valence-electron chi connectivity index (χ1n) is 10.1. The number of hydrogen-bond donors (Lipinski definition) is 1. The van der Waals surface area contributed by atoms with Crippen LogP contribution in [0, 0.1) is 12.8 Å². The topological polar surface area (TPSA) is 58.1 Å². The number of piperidine rings is 1. The van der Waals surface area contributed by atoms with Crippen LogP contribution in [0.1, 0.15) is 17.8 Å². The van der Waals surface area contributed by atoms with Crippen molar-refractivity contribution in [2.45, 2.75) is 19.8 Å². The number of benzene rings is 2. The minimum Gasteiger partial charge on any atom is -0.347 e. The molecule has 0 spiro atoms. The highest BCUT2D eigenvalue weighted by molar-refractivity contribution is 7.22. The molecule has 1 saturated heterocycles. The zero-order valence-electron chi connectivity index (χ0n) is 16.7. The van der Waals surface area contributed by atoms with Gasteiger partial charge in [0.15, 0.2) is 5.13 Å². The maximum atomic E-state index is 13.0. The molecule has 1 amide bonds. The molecule has 1 unspecified atom stereocenters. The van der Waals surface area contributed by atoms with Crippen molar-refractivity contribution in [1.82, 2.24) is 9.97 Å². The van der Waals surface area contributed by atoms with E-state index in [9.17, 15) is 4.79 Å². The van der Waals surface area contributed by atoms with Gasteiger partial charge < -0.3 is 10.2 Å². The predicted molar refractivity (Wildman–Crippen MR) is 125 cm³/mol. The molecule has 1 fully saturated rings. The van der Waals surface area contributed by atoms with Gasteiger partial charge in [-0.2, -0.15) is 0 Å². The smallest absolute Gasteiger partial charge is 0.229 e. The van der Waals surface area contributed by atoms with Crippen LogP contribution in [-0.4, -0.2) is 29.0 Å². The van der Waals surface area contributed by atoms with E-state index >= 15 is 0 Å². The summed E-state index contributed by atoms with van der Waals surface area (Å²) >= 11 is 3.33. The van der Waals surface area contributed by atoms with Crippen molar-refractivity contribution in [2.24, 2.45) is 5.92 Å². The third-order valence-electron chi connectivity index (χ3n) is 5.39. The van der Waals surface area contributed by atoms with E-state index in [4.69, 9.17) is 4.98 Å². The first-order chi connectivity index (χ1) is 14.7. The van der Waals surface area contributed by atoms with Crippen LogP contribution in [0.2, 0.25) is 0 Å².